The minimum Gasteiger partial charge on any atom is -0.345 e. The quantitative estimate of drug-likeness (QED) is 0.490. The second-order valence-electron chi connectivity index (χ2n) is 10.5. The first-order chi connectivity index (χ1) is 17.6. The van der Waals surface area contributed by atoms with E-state index >= 15 is 0 Å². The van der Waals surface area contributed by atoms with Crippen molar-refractivity contribution in [3.8, 4) is 0 Å². The van der Waals surface area contributed by atoms with Gasteiger partial charge in [-0.15, -0.1) is 13.2 Å². The van der Waals surface area contributed by atoms with Crippen molar-refractivity contribution in [3.05, 3.63) is 46.6 Å². The minimum atomic E-state index is -4.82. The zero-order valence-electron chi connectivity index (χ0n) is 22.2. The molecule has 3 amide bonds. The zero-order chi connectivity index (χ0) is 28.3. The number of rotatable bonds is 7. The smallest absolute Gasteiger partial charge is 0.345 e. The molecule has 0 spiro atoms. The first-order valence-electron chi connectivity index (χ1n) is 12.7. The lowest BCUT2D eigenvalue weighted by atomic mass is 9.79. The van der Waals surface area contributed by atoms with E-state index < -0.39 is 23.5 Å². The zero-order valence-corrected chi connectivity index (χ0v) is 22.9. The predicted octanol–water partition coefficient (Wildman–Crippen LogP) is 4.75. The van der Waals surface area contributed by atoms with Gasteiger partial charge in [-0.2, -0.15) is 0 Å². The molecule has 1 heterocycles. The van der Waals surface area contributed by atoms with Crippen LogP contribution in [-0.4, -0.2) is 71.2 Å². The summed E-state index contributed by atoms with van der Waals surface area (Å²) in [6, 6.07) is -0.650. The van der Waals surface area contributed by atoms with Crippen molar-refractivity contribution in [1.82, 2.24) is 15.1 Å². The van der Waals surface area contributed by atoms with Gasteiger partial charge in [0, 0.05) is 44.9 Å². The lowest BCUT2D eigenvalue weighted by Crippen LogP contribution is -2.57. The standard InChI is InChI=1S/C27H35ClF3N3O4/c1-18(35)33(4)16-12-23(36)34-15-8-6-10-22(34)24(37)32-25(2)14-11-19(21(28)17-25)20-9-5-7-13-26(20,3)38-27(29,30)31/h5,7,9,11,14,22H,6,8,10,12-13,15-17H2,1-4H3,(H,32,37). The van der Waals surface area contributed by atoms with E-state index in [4.69, 9.17) is 11.6 Å². The summed E-state index contributed by atoms with van der Waals surface area (Å²) in [5, 5.41) is 3.30. The summed E-state index contributed by atoms with van der Waals surface area (Å²) in [6.07, 6.45) is 5.77. The number of carbonyl (C=O) groups is 3. The average molecular weight is 558 g/mol. The number of hydrogen-bond acceptors (Lipinski definition) is 4. The Balaban J connectivity index is 1.72. The normalized spacial score (nSPS) is 27.7. The molecule has 1 N–H and O–H groups in total. The van der Waals surface area contributed by atoms with Crippen LogP contribution in [0.2, 0.25) is 0 Å². The predicted molar refractivity (Wildman–Crippen MR) is 138 cm³/mol. The summed E-state index contributed by atoms with van der Waals surface area (Å²) in [5.41, 5.74) is -1.79. The van der Waals surface area contributed by atoms with Crippen molar-refractivity contribution >= 4 is 29.3 Å². The Morgan fingerprint density at radius 2 is 1.97 bits per heavy atom. The maximum absolute atomic E-state index is 13.4. The summed E-state index contributed by atoms with van der Waals surface area (Å²) >= 11 is 6.62. The van der Waals surface area contributed by atoms with Crippen LogP contribution in [0.4, 0.5) is 13.2 Å². The maximum Gasteiger partial charge on any atom is 0.523 e. The van der Waals surface area contributed by atoms with Gasteiger partial charge in [0.15, 0.2) is 0 Å². The van der Waals surface area contributed by atoms with Crippen molar-refractivity contribution in [2.45, 2.75) is 82.8 Å². The molecule has 1 aliphatic heterocycles. The summed E-state index contributed by atoms with van der Waals surface area (Å²) in [5.74, 6) is -0.649. The molecule has 0 aromatic heterocycles. The van der Waals surface area contributed by atoms with E-state index in [0.29, 0.717) is 29.1 Å². The van der Waals surface area contributed by atoms with E-state index in [9.17, 15) is 27.6 Å². The SMILES string of the molecule is CC(=O)N(C)CCC(=O)N1CCCCC1C(=O)NC1(C)C=CC(C2=CC=CCC2(C)OC(F)(F)F)=C(Cl)C1. The van der Waals surface area contributed by atoms with Crippen LogP contribution in [0, 0.1) is 0 Å². The van der Waals surface area contributed by atoms with Gasteiger partial charge in [-0.3, -0.25) is 19.1 Å². The van der Waals surface area contributed by atoms with Crippen LogP contribution in [0.5, 0.6) is 0 Å². The third-order valence-electron chi connectivity index (χ3n) is 7.27. The molecule has 0 saturated carbocycles. The Hall–Kier alpha value is -2.59. The molecule has 1 fully saturated rings. The number of ether oxygens (including phenoxy) is 1. The van der Waals surface area contributed by atoms with Crippen LogP contribution >= 0.6 is 11.6 Å². The molecule has 1 saturated heterocycles. The Morgan fingerprint density at radius 1 is 1.26 bits per heavy atom. The van der Waals surface area contributed by atoms with Crippen molar-refractivity contribution in [2.24, 2.45) is 0 Å². The Bertz CT molecular complexity index is 1080. The molecular formula is C27H35ClF3N3O4. The second kappa shape index (κ2) is 11.7. The molecule has 3 unspecified atom stereocenters. The molecule has 2 aliphatic carbocycles. The van der Waals surface area contributed by atoms with Gasteiger partial charge in [0.25, 0.3) is 0 Å². The fourth-order valence-electron chi connectivity index (χ4n) is 5.06. The van der Waals surface area contributed by atoms with Crippen LogP contribution in [0.1, 0.15) is 59.3 Å². The third-order valence-corrected chi connectivity index (χ3v) is 7.61. The highest BCUT2D eigenvalue weighted by Gasteiger charge is 2.45. The highest BCUT2D eigenvalue weighted by atomic mass is 35.5. The van der Waals surface area contributed by atoms with Gasteiger partial charge in [-0.1, -0.05) is 42.0 Å². The molecule has 3 rings (SSSR count). The van der Waals surface area contributed by atoms with Crippen molar-refractivity contribution in [1.29, 1.82) is 0 Å². The fourth-order valence-corrected chi connectivity index (χ4v) is 5.50. The summed E-state index contributed by atoms with van der Waals surface area (Å²) < 4.78 is 43.9. The summed E-state index contributed by atoms with van der Waals surface area (Å²) in [4.78, 5) is 40.8. The van der Waals surface area contributed by atoms with Gasteiger partial charge in [-0.25, -0.2) is 0 Å². The first-order valence-corrected chi connectivity index (χ1v) is 13.1. The van der Waals surface area contributed by atoms with E-state index in [0.717, 1.165) is 12.8 Å². The molecule has 0 aromatic rings. The summed E-state index contributed by atoms with van der Waals surface area (Å²) in [7, 11) is 1.62. The van der Waals surface area contributed by atoms with Gasteiger partial charge in [0.1, 0.15) is 11.6 Å². The molecular weight excluding hydrogens is 523 g/mol. The van der Waals surface area contributed by atoms with Gasteiger partial charge in [0.05, 0.1) is 5.54 Å². The van der Waals surface area contributed by atoms with Crippen LogP contribution in [0.15, 0.2) is 46.6 Å². The number of allylic oxidation sites excluding steroid dienone is 3. The van der Waals surface area contributed by atoms with Crippen LogP contribution < -0.4 is 5.32 Å². The minimum absolute atomic E-state index is 0.0294. The van der Waals surface area contributed by atoms with E-state index in [1.165, 1.54) is 18.7 Å². The number of hydrogen-bond donors (Lipinski definition) is 1. The monoisotopic (exact) mass is 557 g/mol. The number of halogens is 4. The van der Waals surface area contributed by atoms with Gasteiger partial charge >= 0.3 is 6.36 Å². The van der Waals surface area contributed by atoms with Crippen LogP contribution in [-0.2, 0) is 19.1 Å². The molecule has 38 heavy (non-hydrogen) atoms. The highest BCUT2D eigenvalue weighted by molar-refractivity contribution is 6.30. The van der Waals surface area contributed by atoms with E-state index in [-0.39, 0.29) is 43.5 Å². The third kappa shape index (κ3) is 7.28. The molecule has 3 atom stereocenters. The lowest BCUT2D eigenvalue weighted by Gasteiger charge is -2.40. The van der Waals surface area contributed by atoms with Gasteiger partial charge < -0.3 is 15.1 Å². The molecule has 3 aliphatic rings. The number of amides is 3. The van der Waals surface area contributed by atoms with Crippen molar-refractivity contribution in [2.75, 3.05) is 20.1 Å². The van der Waals surface area contributed by atoms with E-state index in [2.05, 4.69) is 10.1 Å². The number of carbonyl (C=O) groups excluding carboxylic acids is 3. The van der Waals surface area contributed by atoms with Crippen molar-refractivity contribution in [3.63, 3.8) is 0 Å². The average Bonchev–Trinajstić information content (AvgIpc) is 2.81. The maximum atomic E-state index is 13.4. The molecule has 0 aromatic carbocycles. The van der Waals surface area contributed by atoms with Crippen molar-refractivity contribution < 1.29 is 32.3 Å². The Morgan fingerprint density at radius 3 is 2.61 bits per heavy atom. The summed E-state index contributed by atoms with van der Waals surface area (Å²) in [6.45, 7) is 5.30. The molecule has 7 nitrogen and oxygen atoms in total. The first kappa shape index (κ1) is 30.0. The second-order valence-corrected chi connectivity index (χ2v) is 11.0. The topological polar surface area (TPSA) is 79.0 Å². The van der Waals surface area contributed by atoms with E-state index in [1.54, 1.807) is 49.3 Å². The Kier molecular flexibility index (Phi) is 9.19. The molecule has 0 radical (unpaired) electrons. The fraction of sp³-hybridized carbons (Fsp3) is 0.593. The number of nitrogens with zero attached hydrogens (tertiary/aromatic N) is 2. The number of nitrogens with one attached hydrogen (secondary N) is 1. The number of alkyl halides is 3. The largest absolute Gasteiger partial charge is 0.523 e. The van der Waals surface area contributed by atoms with E-state index in [1.807, 2.05) is 0 Å². The van der Waals surface area contributed by atoms with Gasteiger partial charge in [-0.05, 0) is 50.7 Å². The number of likely N-dealkylation sites (tertiary alicyclic amines) is 1. The molecule has 0 bridgehead atoms. The van der Waals surface area contributed by atoms with Crippen LogP contribution in [0.25, 0.3) is 0 Å². The van der Waals surface area contributed by atoms with Gasteiger partial charge in [0.2, 0.25) is 17.7 Å². The highest BCUT2D eigenvalue weighted by Crippen LogP contribution is 2.43. The van der Waals surface area contributed by atoms with Crippen LogP contribution in [0.3, 0.4) is 0 Å². The number of piperidine rings is 1. The lowest BCUT2D eigenvalue weighted by molar-refractivity contribution is -0.356. The molecule has 210 valence electrons. The Labute approximate surface area is 226 Å². The molecule has 11 heteroatoms.